The van der Waals surface area contributed by atoms with Crippen molar-refractivity contribution in [1.29, 1.82) is 0 Å². The molecule has 0 spiro atoms. The van der Waals surface area contributed by atoms with Gasteiger partial charge in [-0.05, 0) is 24.1 Å². The van der Waals surface area contributed by atoms with Crippen LogP contribution in [0.1, 0.15) is 21.6 Å². The standard InChI is InChI=1S/C20H19ClN4O2/c1-13-18(19(21)25(2)24-13)20(26)23-17-7-5-4-6-16(17)15-10-8-14(9-11-15)12-22-27-3/h4-12H,1-3H3,(H,23,26). The Morgan fingerprint density at radius 2 is 1.93 bits per heavy atom. The van der Waals surface area contributed by atoms with Gasteiger partial charge in [-0.25, -0.2) is 0 Å². The average Bonchev–Trinajstić information content (AvgIpc) is 2.93. The maximum absolute atomic E-state index is 12.7. The molecule has 0 aliphatic carbocycles. The number of para-hydroxylation sites is 1. The van der Waals surface area contributed by atoms with E-state index >= 15 is 0 Å². The lowest BCUT2D eigenvalue weighted by Gasteiger charge is -2.11. The number of anilines is 1. The number of nitrogens with one attached hydrogen (secondary N) is 1. The van der Waals surface area contributed by atoms with Crippen LogP contribution in [0.4, 0.5) is 5.69 Å². The highest BCUT2D eigenvalue weighted by atomic mass is 35.5. The first-order valence-electron chi connectivity index (χ1n) is 8.27. The SMILES string of the molecule is CON=Cc1ccc(-c2ccccc2NC(=O)c2c(C)nn(C)c2Cl)cc1. The number of halogens is 1. The van der Waals surface area contributed by atoms with E-state index in [0.29, 0.717) is 22.1 Å². The summed E-state index contributed by atoms with van der Waals surface area (Å²) in [5.41, 5.74) is 4.44. The molecule has 0 fully saturated rings. The zero-order valence-electron chi connectivity index (χ0n) is 15.2. The number of carbonyl (C=O) groups excluding carboxylic acids is 1. The number of rotatable bonds is 5. The van der Waals surface area contributed by atoms with Crippen LogP contribution in [0, 0.1) is 6.92 Å². The fraction of sp³-hybridized carbons (Fsp3) is 0.150. The molecule has 0 saturated heterocycles. The lowest BCUT2D eigenvalue weighted by molar-refractivity contribution is 0.102. The van der Waals surface area contributed by atoms with E-state index in [1.54, 1.807) is 20.2 Å². The average molecular weight is 383 g/mol. The van der Waals surface area contributed by atoms with Gasteiger partial charge in [0, 0.05) is 18.3 Å². The van der Waals surface area contributed by atoms with E-state index in [-0.39, 0.29) is 5.91 Å². The van der Waals surface area contributed by atoms with Crippen molar-refractivity contribution in [1.82, 2.24) is 9.78 Å². The number of oxime groups is 1. The van der Waals surface area contributed by atoms with Crippen molar-refractivity contribution in [3.8, 4) is 11.1 Å². The number of amides is 1. The van der Waals surface area contributed by atoms with Gasteiger partial charge in [-0.3, -0.25) is 9.48 Å². The van der Waals surface area contributed by atoms with Crippen LogP contribution in [-0.2, 0) is 11.9 Å². The van der Waals surface area contributed by atoms with Crippen molar-refractivity contribution in [2.24, 2.45) is 12.2 Å². The van der Waals surface area contributed by atoms with Crippen LogP contribution in [0.5, 0.6) is 0 Å². The summed E-state index contributed by atoms with van der Waals surface area (Å²) in [6.07, 6.45) is 1.63. The molecule has 3 aromatic rings. The highest BCUT2D eigenvalue weighted by molar-refractivity contribution is 6.33. The lowest BCUT2D eigenvalue weighted by Crippen LogP contribution is -2.13. The molecular weight excluding hydrogens is 364 g/mol. The molecule has 0 atom stereocenters. The van der Waals surface area contributed by atoms with Crippen LogP contribution >= 0.6 is 11.6 Å². The molecule has 0 radical (unpaired) electrons. The van der Waals surface area contributed by atoms with Crippen molar-refractivity contribution in [3.05, 3.63) is 70.5 Å². The summed E-state index contributed by atoms with van der Waals surface area (Å²) >= 11 is 6.21. The molecule has 0 unspecified atom stereocenters. The number of nitrogens with zero attached hydrogens (tertiary/aromatic N) is 3. The molecule has 0 bridgehead atoms. The van der Waals surface area contributed by atoms with Gasteiger partial charge in [-0.1, -0.05) is 59.2 Å². The van der Waals surface area contributed by atoms with Crippen molar-refractivity contribution in [3.63, 3.8) is 0 Å². The predicted octanol–water partition coefficient (Wildman–Crippen LogP) is 4.28. The maximum atomic E-state index is 12.7. The number of hydrogen-bond donors (Lipinski definition) is 1. The Hall–Kier alpha value is -3.12. The van der Waals surface area contributed by atoms with Crippen LogP contribution in [0.25, 0.3) is 11.1 Å². The largest absolute Gasteiger partial charge is 0.399 e. The smallest absolute Gasteiger partial charge is 0.260 e. The predicted molar refractivity (Wildman–Crippen MR) is 107 cm³/mol. The number of aryl methyl sites for hydroxylation is 2. The Kier molecular flexibility index (Phi) is 5.57. The van der Waals surface area contributed by atoms with Crippen molar-refractivity contribution < 1.29 is 9.63 Å². The monoisotopic (exact) mass is 382 g/mol. The van der Waals surface area contributed by atoms with E-state index in [0.717, 1.165) is 16.7 Å². The molecule has 6 nitrogen and oxygen atoms in total. The number of aromatic nitrogens is 2. The Labute approximate surface area is 162 Å². The summed E-state index contributed by atoms with van der Waals surface area (Å²) in [6.45, 7) is 1.76. The molecule has 0 aliphatic heterocycles. The molecule has 27 heavy (non-hydrogen) atoms. The van der Waals surface area contributed by atoms with E-state index in [4.69, 9.17) is 16.4 Å². The minimum absolute atomic E-state index is 0.290. The maximum Gasteiger partial charge on any atom is 0.260 e. The zero-order chi connectivity index (χ0) is 19.4. The van der Waals surface area contributed by atoms with Crippen LogP contribution in [0.2, 0.25) is 5.15 Å². The van der Waals surface area contributed by atoms with Crippen molar-refractivity contribution >= 4 is 29.4 Å². The zero-order valence-corrected chi connectivity index (χ0v) is 16.0. The quantitative estimate of drug-likeness (QED) is 0.529. The van der Waals surface area contributed by atoms with Crippen molar-refractivity contribution in [2.45, 2.75) is 6.92 Å². The molecule has 0 aliphatic rings. The molecule has 2 aromatic carbocycles. The fourth-order valence-electron chi connectivity index (χ4n) is 2.78. The molecule has 1 amide bonds. The number of hydrogen-bond acceptors (Lipinski definition) is 4. The Balaban J connectivity index is 1.90. The topological polar surface area (TPSA) is 68.5 Å². The van der Waals surface area contributed by atoms with Gasteiger partial charge < -0.3 is 10.2 Å². The second kappa shape index (κ2) is 8.05. The highest BCUT2D eigenvalue weighted by Gasteiger charge is 2.20. The van der Waals surface area contributed by atoms with E-state index in [9.17, 15) is 4.79 Å². The summed E-state index contributed by atoms with van der Waals surface area (Å²) in [4.78, 5) is 17.4. The second-order valence-corrected chi connectivity index (χ2v) is 6.27. The summed E-state index contributed by atoms with van der Waals surface area (Å²) < 4.78 is 1.48. The van der Waals surface area contributed by atoms with Gasteiger partial charge in [0.1, 0.15) is 12.3 Å². The fourth-order valence-corrected chi connectivity index (χ4v) is 3.04. The van der Waals surface area contributed by atoms with Gasteiger partial charge in [0.25, 0.3) is 5.91 Å². The Bertz CT molecular complexity index is 994. The Morgan fingerprint density at radius 3 is 2.56 bits per heavy atom. The number of carbonyl (C=O) groups is 1. The van der Waals surface area contributed by atoms with E-state index in [2.05, 4.69) is 15.6 Å². The van der Waals surface area contributed by atoms with Gasteiger partial charge in [-0.15, -0.1) is 0 Å². The van der Waals surface area contributed by atoms with E-state index in [1.165, 1.54) is 11.8 Å². The van der Waals surface area contributed by atoms with E-state index in [1.807, 2.05) is 48.5 Å². The molecule has 3 rings (SSSR count). The van der Waals surface area contributed by atoms with Gasteiger partial charge >= 0.3 is 0 Å². The molecule has 138 valence electrons. The second-order valence-electron chi connectivity index (χ2n) is 5.91. The van der Waals surface area contributed by atoms with Crippen LogP contribution in [0.15, 0.2) is 53.7 Å². The molecule has 1 N–H and O–H groups in total. The van der Waals surface area contributed by atoms with Gasteiger partial charge in [0.15, 0.2) is 0 Å². The lowest BCUT2D eigenvalue weighted by atomic mass is 10.0. The molecule has 0 saturated carbocycles. The van der Waals surface area contributed by atoms with E-state index < -0.39 is 0 Å². The first-order chi connectivity index (χ1) is 13.0. The third-order valence-electron chi connectivity index (χ3n) is 4.08. The van der Waals surface area contributed by atoms with Crippen LogP contribution in [-0.4, -0.2) is 29.0 Å². The highest BCUT2D eigenvalue weighted by Crippen LogP contribution is 2.29. The third kappa shape index (κ3) is 4.01. The van der Waals surface area contributed by atoms with Crippen LogP contribution < -0.4 is 5.32 Å². The van der Waals surface area contributed by atoms with Gasteiger partial charge in [0.05, 0.1) is 17.5 Å². The normalized spacial score (nSPS) is 11.0. The third-order valence-corrected chi connectivity index (χ3v) is 4.52. The van der Waals surface area contributed by atoms with Crippen molar-refractivity contribution in [2.75, 3.05) is 12.4 Å². The molecular formula is C20H19ClN4O2. The van der Waals surface area contributed by atoms with Gasteiger partial charge in [0.2, 0.25) is 0 Å². The first kappa shape index (κ1) is 18.7. The summed E-state index contributed by atoms with van der Waals surface area (Å²) in [7, 11) is 3.20. The number of benzene rings is 2. The summed E-state index contributed by atoms with van der Waals surface area (Å²) in [6, 6.07) is 15.4. The van der Waals surface area contributed by atoms with Gasteiger partial charge in [-0.2, -0.15) is 5.10 Å². The summed E-state index contributed by atoms with van der Waals surface area (Å²) in [5.74, 6) is -0.290. The molecule has 7 heteroatoms. The minimum atomic E-state index is -0.290. The molecule has 1 heterocycles. The first-order valence-corrected chi connectivity index (χ1v) is 8.65. The minimum Gasteiger partial charge on any atom is -0.399 e. The molecule has 1 aromatic heterocycles. The Morgan fingerprint density at radius 1 is 1.22 bits per heavy atom. The summed E-state index contributed by atoms with van der Waals surface area (Å²) in [5, 5.41) is 11.2. The van der Waals surface area contributed by atoms with Crippen LogP contribution in [0.3, 0.4) is 0 Å².